The fraction of sp³-hybridized carbons (Fsp3) is 0.176. The zero-order chi connectivity index (χ0) is 15.5. The molecule has 1 aromatic carbocycles. The molecule has 0 fully saturated rings. The van der Waals surface area contributed by atoms with Gasteiger partial charge in [0.05, 0.1) is 12.0 Å². The Morgan fingerprint density at radius 3 is 2.64 bits per heavy atom. The molecule has 0 spiro atoms. The predicted octanol–water partition coefficient (Wildman–Crippen LogP) is 3.22. The number of amides is 1. The number of rotatable bonds is 4. The SMILES string of the molecule is CCN(C)C(=O)c1cc(-c2ccco2)nn1-c1ccccc1. The summed E-state index contributed by atoms with van der Waals surface area (Å²) in [5, 5.41) is 4.54. The van der Waals surface area contributed by atoms with Gasteiger partial charge in [0.2, 0.25) is 0 Å². The molecule has 5 nitrogen and oxygen atoms in total. The fourth-order valence-electron chi connectivity index (χ4n) is 2.18. The molecular formula is C17H17N3O2. The zero-order valence-electron chi connectivity index (χ0n) is 12.6. The van der Waals surface area contributed by atoms with E-state index in [0.29, 0.717) is 23.7 Å². The lowest BCUT2D eigenvalue weighted by Gasteiger charge is -2.15. The Labute approximate surface area is 128 Å². The molecule has 22 heavy (non-hydrogen) atoms. The van der Waals surface area contributed by atoms with E-state index < -0.39 is 0 Å². The van der Waals surface area contributed by atoms with Crippen LogP contribution in [0.1, 0.15) is 17.4 Å². The summed E-state index contributed by atoms with van der Waals surface area (Å²) in [6.45, 7) is 2.57. The zero-order valence-corrected chi connectivity index (χ0v) is 12.6. The van der Waals surface area contributed by atoms with Crippen molar-refractivity contribution in [2.45, 2.75) is 6.92 Å². The summed E-state index contributed by atoms with van der Waals surface area (Å²) in [6, 6.07) is 15.0. The maximum Gasteiger partial charge on any atom is 0.272 e. The third-order valence-corrected chi connectivity index (χ3v) is 3.52. The molecule has 0 saturated heterocycles. The highest BCUT2D eigenvalue weighted by atomic mass is 16.3. The standard InChI is InChI=1S/C17H17N3O2/c1-3-19(2)17(21)15-12-14(16-10-7-11-22-16)18-20(15)13-8-5-4-6-9-13/h4-12H,3H2,1-2H3. The van der Waals surface area contributed by atoms with E-state index in [0.717, 1.165) is 5.69 Å². The normalized spacial score (nSPS) is 10.6. The Balaban J connectivity index is 2.12. The van der Waals surface area contributed by atoms with Gasteiger partial charge in [-0.15, -0.1) is 0 Å². The predicted molar refractivity (Wildman–Crippen MR) is 83.9 cm³/mol. The van der Waals surface area contributed by atoms with E-state index >= 15 is 0 Å². The maximum atomic E-state index is 12.6. The first-order valence-electron chi connectivity index (χ1n) is 7.15. The van der Waals surface area contributed by atoms with Crippen LogP contribution in [0.3, 0.4) is 0 Å². The van der Waals surface area contributed by atoms with E-state index in [4.69, 9.17) is 4.42 Å². The topological polar surface area (TPSA) is 51.3 Å². The molecule has 0 bridgehead atoms. The van der Waals surface area contributed by atoms with Gasteiger partial charge in [0.25, 0.3) is 5.91 Å². The lowest BCUT2D eigenvalue weighted by atomic mass is 10.2. The molecule has 0 aliphatic carbocycles. The fourth-order valence-corrected chi connectivity index (χ4v) is 2.18. The van der Waals surface area contributed by atoms with Gasteiger partial charge in [-0.25, -0.2) is 4.68 Å². The molecule has 0 aliphatic heterocycles. The van der Waals surface area contributed by atoms with E-state index in [1.54, 1.807) is 35.0 Å². The van der Waals surface area contributed by atoms with E-state index in [1.165, 1.54) is 0 Å². The highest BCUT2D eigenvalue weighted by Crippen LogP contribution is 2.22. The van der Waals surface area contributed by atoms with Crippen LogP contribution < -0.4 is 0 Å². The van der Waals surface area contributed by atoms with Gasteiger partial charge < -0.3 is 9.32 Å². The lowest BCUT2D eigenvalue weighted by Crippen LogP contribution is -2.28. The second-order valence-electron chi connectivity index (χ2n) is 4.96. The number of benzene rings is 1. The van der Waals surface area contributed by atoms with Crippen LogP contribution >= 0.6 is 0 Å². The minimum atomic E-state index is -0.0725. The highest BCUT2D eigenvalue weighted by Gasteiger charge is 2.20. The van der Waals surface area contributed by atoms with Crippen molar-refractivity contribution in [1.29, 1.82) is 0 Å². The van der Waals surface area contributed by atoms with Crippen molar-refractivity contribution in [2.75, 3.05) is 13.6 Å². The molecule has 0 aliphatic rings. The minimum absolute atomic E-state index is 0.0725. The van der Waals surface area contributed by atoms with Crippen LogP contribution in [0.25, 0.3) is 17.1 Å². The van der Waals surface area contributed by atoms with Crippen LogP contribution in [-0.2, 0) is 0 Å². The number of carbonyl (C=O) groups is 1. The molecule has 0 N–H and O–H groups in total. The van der Waals surface area contributed by atoms with Crippen LogP contribution in [-0.4, -0.2) is 34.2 Å². The van der Waals surface area contributed by atoms with Gasteiger partial charge in [-0.05, 0) is 31.2 Å². The number of furan rings is 1. The van der Waals surface area contributed by atoms with Crippen molar-refractivity contribution in [2.24, 2.45) is 0 Å². The summed E-state index contributed by atoms with van der Waals surface area (Å²) in [5.74, 6) is 0.569. The Bertz CT molecular complexity index is 761. The van der Waals surface area contributed by atoms with Gasteiger partial charge in [-0.1, -0.05) is 18.2 Å². The van der Waals surface area contributed by atoms with Gasteiger partial charge in [-0.2, -0.15) is 5.10 Å². The Morgan fingerprint density at radius 1 is 1.23 bits per heavy atom. The summed E-state index contributed by atoms with van der Waals surface area (Å²) in [4.78, 5) is 14.2. The number of hydrogen-bond acceptors (Lipinski definition) is 3. The summed E-state index contributed by atoms with van der Waals surface area (Å²) in [5.41, 5.74) is 2.00. The number of hydrogen-bond donors (Lipinski definition) is 0. The number of para-hydroxylation sites is 1. The van der Waals surface area contributed by atoms with Crippen LogP contribution in [0, 0.1) is 0 Å². The van der Waals surface area contributed by atoms with E-state index in [2.05, 4.69) is 5.10 Å². The third-order valence-electron chi connectivity index (χ3n) is 3.52. The molecule has 3 rings (SSSR count). The van der Waals surface area contributed by atoms with Crippen molar-refractivity contribution >= 4 is 5.91 Å². The molecule has 112 valence electrons. The second kappa shape index (κ2) is 5.89. The van der Waals surface area contributed by atoms with Crippen molar-refractivity contribution in [3.63, 3.8) is 0 Å². The highest BCUT2D eigenvalue weighted by molar-refractivity contribution is 5.94. The molecule has 0 saturated carbocycles. The molecule has 0 unspecified atom stereocenters. The van der Waals surface area contributed by atoms with Gasteiger partial charge in [0, 0.05) is 19.7 Å². The molecule has 0 radical (unpaired) electrons. The first-order chi connectivity index (χ1) is 10.7. The van der Waals surface area contributed by atoms with Crippen molar-refractivity contribution < 1.29 is 9.21 Å². The number of carbonyl (C=O) groups excluding carboxylic acids is 1. The van der Waals surface area contributed by atoms with E-state index in [9.17, 15) is 4.79 Å². The second-order valence-corrected chi connectivity index (χ2v) is 4.96. The van der Waals surface area contributed by atoms with Crippen molar-refractivity contribution in [1.82, 2.24) is 14.7 Å². The minimum Gasteiger partial charge on any atom is -0.463 e. The van der Waals surface area contributed by atoms with Crippen LogP contribution in [0.2, 0.25) is 0 Å². The van der Waals surface area contributed by atoms with Crippen molar-refractivity contribution in [3.05, 3.63) is 60.5 Å². The first-order valence-corrected chi connectivity index (χ1v) is 7.15. The average Bonchev–Trinajstić information content (AvgIpc) is 3.23. The molecule has 0 atom stereocenters. The number of nitrogens with zero attached hydrogens (tertiary/aromatic N) is 3. The third kappa shape index (κ3) is 2.53. The Kier molecular flexibility index (Phi) is 3.78. The molecular weight excluding hydrogens is 278 g/mol. The summed E-state index contributed by atoms with van der Waals surface area (Å²) in [7, 11) is 1.78. The summed E-state index contributed by atoms with van der Waals surface area (Å²) < 4.78 is 7.05. The summed E-state index contributed by atoms with van der Waals surface area (Å²) >= 11 is 0. The monoisotopic (exact) mass is 295 g/mol. The van der Waals surface area contributed by atoms with Gasteiger partial charge >= 0.3 is 0 Å². The van der Waals surface area contributed by atoms with Crippen LogP contribution in [0.5, 0.6) is 0 Å². The van der Waals surface area contributed by atoms with Crippen LogP contribution in [0.15, 0.2) is 59.2 Å². The molecule has 2 heterocycles. The molecule has 2 aromatic heterocycles. The molecule has 5 heteroatoms. The van der Waals surface area contributed by atoms with Gasteiger partial charge in [-0.3, -0.25) is 4.79 Å². The van der Waals surface area contributed by atoms with Crippen molar-refractivity contribution in [3.8, 4) is 17.1 Å². The quantitative estimate of drug-likeness (QED) is 0.742. The smallest absolute Gasteiger partial charge is 0.272 e. The Hall–Kier alpha value is -2.82. The largest absolute Gasteiger partial charge is 0.463 e. The molecule has 1 amide bonds. The van der Waals surface area contributed by atoms with E-state index in [-0.39, 0.29) is 5.91 Å². The Morgan fingerprint density at radius 2 is 2.00 bits per heavy atom. The lowest BCUT2D eigenvalue weighted by molar-refractivity contribution is 0.0793. The number of aromatic nitrogens is 2. The first kappa shape index (κ1) is 14.1. The maximum absolute atomic E-state index is 12.6. The van der Waals surface area contributed by atoms with E-state index in [1.807, 2.05) is 43.3 Å². The van der Waals surface area contributed by atoms with Crippen LogP contribution in [0.4, 0.5) is 0 Å². The average molecular weight is 295 g/mol. The molecule has 3 aromatic rings. The van der Waals surface area contributed by atoms with Gasteiger partial charge in [0.1, 0.15) is 11.4 Å². The van der Waals surface area contributed by atoms with Gasteiger partial charge in [0.15, 0.2) is 5.76 Å². The summed E-state index contributed by atoms with van der Waals surface area (Å²) in [6.07, 6.45) is 1.59.